The van der Waals surface area contributed by atoms with Gasteiger partial charge in [0.25, 0.3) is 11.8 Å². The van der Waals surface area contributed by atoms with Gasteiger partial charge in [0.15, 0.2) is 0 Å². The van der Waals surface area contributed by atoms with Crippen LogP contribution in [0.5, 0.6) is 0 Å². The van der Waals surface area contributed by atoms with Crippen LogP contribution in [0.25, 0.3) is 0 Å². The molecule has 3 heterocycles. The minimum atomic E-state index is -2.65. The smallest absolute Gasteiger partial charge is 0.270 e. The second kappa shape index (κ2) is 13.3. The molecule has 12 nitrogen and oxygen atoms in total. The predicted octanol–water partition coefficient (Wildman–Crippen LogP) is 0.0754. The van der Waals surface area contributed by atoms with Crippen molar-refractivity contribution in [2.24, 2.45) is 11.6 Å². The van der Waals surface area contributed by atoms with Gasteiger partial charge in [0.05, 0.1) is 12.7 Å². The van der Waals surface area contributed by atoms with Crippen LogP contribution in [0, 0.1) is 6.92 Å². The fraction of sp³-hybridized carbons (Fsp3) is 0.542. The maximum atomic E-state index is 13.2. The second-order valence-electron chi connectivity index (χ2n) is 9.57. The molecule has 0 saturated carbocycles. The normalized spacial score (nSPS) is 17.8. The number of nitrogens with one attached hydrogen (secondary N) is 3. The molecule has 1 aromatic rings. The molecule has 0 unspecified atom stereocenters. The minimum Gasteiger partial charge on any atom is -0.384 e. The van der Waals surface area contributed by atoms with Crippen molar-refractivity contribution in [2.45, 2.75) is 45.1 Å². The van der Waals surface area contributed by atoms with Crippen LogP contribution < -0.4 is 27.7 Å². The largest absolute Gasteiger partial charge is 0.384 e. The van der Waals surface area contributed by atoms with Crippen LogP contribution in [-0.2, 0) is 16.1 Å². The lowest BCUT2D eigenvalue weighted by Crippen LogP contribution is -2.45. The summed E-state index contributed by atoms with van der Waals surface area (Å²) < 4.78 is 26.5. The molecule has 210 valence electrons. The fourth-order valence-corrected chi connectivity index (χ4v) is 4.00. The van der Waals surface area contributed by atoms with E-state index in [-0.39, 0.29) is 50.1 Å². The van der Waals surface area contributed by atoms with Gasteiger partial charge < -0.3 is 21.4 Å². The van der Waals surface area contributed by atoms with Crippen molar-refractivity contribution in [3.8, 4) is 0 Å². The van der Waals surface area contributed by atoms with Crippen molar-refractivity contribution in [3.63, 3.8) is 0 Å². The number of carbonyl (C=O) groups excluding carboxylic acids is 2. The SMILES string of the molecule is Cc1ccc(CNC(=O)C2=CN(CCCCN(N)/C=C(\N)NC(=O)CN3CCC(F)(F)CC3)NN2C)cn1. The number of carbonyl (C=O) groups is 2. The number of piperidine rings is 1. The number of alkyl halides is 2. The topological polar surface area (TPSA) is 148 Å². The highest BCUT2D eigenvalue weighted by molar-refractivity contribution is 5.92. The second-order valence-corrected chi connectivity index (χ2v) is 9.57. The lowest BCUT2D eigenvalue weighted by atomic mass is 10.1. The highest BCUT2D eigenvalue weighted by Gasteiger charge is 2.34. The Bertz CT molecular complexity index is 1010. The monoisotopic (exact) mass is 536 g/mol. The molecular weight excluding hydrogens is 498 g/mol. The molecule has 0 radical (unpaired) electrons. The molecule has 3 rings (SSSR count). The lowest BCUT2D eigenvalue weighted by Gasteiger charge is -2.31. The molecule has 1 fully saturated rings. The molecule has 14 heteroatoms. The van der Waals surface area contributed by atoms with Crippen LogP contribution in [-0.4, -0.2) is 82.4 Å². The summed E-state index contributed by atoms with van der Waals surface area (Å²) in [6, 6.07) is 3.83. The Morgan fingerprint density at radius 2 is 2.00 bits per heavy atom. The Labute approximate surface area is 221 Å². The number of aromatic nitrogens is 1. The number of nitrogens with zero attached hydrogens (tertiary/aromatic N) is 5. The molecular formula is C24H38F2N10O2. The van der Waals surface area contributed by atoms with E-state index in [0.29, 0.717) is 25.3 Å². The molecule has 0 bridgehead atoms. The van der Waals surface area contributed by atoms with E-state index in [0.717, 1.165) is 24.1 Å². The zero-order chi connectivity index (χ0) is 27.7. The summed E-state index contributed by atoms with van der Waals surface area (Å²) in [6.07, 6.45) is 5.92. The van der Waals surface area contributed by atoms with Crippen molar-refractivity contribution in [3.05, 3.63) is 53.5 Å². The number of amides is 2. The number of aryl methyl sites for hydroxylation is 1. The Kier molecular flexibility index (Phi) is 10.2. The summed E-state index contributed by atoms with van der Waals surface area (Å²) in [7, 11) is 1.77. The van der Waals surface area contributed by atoms with Crippen molar-refractivity contribution < 1.29 is 18.4 Å². The van der Waals surface area contributed by atoms with E-state index < -0.39 is 5.92 Å². The number of hydrogen-bond donors (Lipinski definition) is 5. The fourth-order valence-electron chi connectivity index (χ4n) is 4.00. The first-order valence-corrected chi connectivity index (χ1v) is 12.6. The third kappa shape index (κ3) is 9.43. The molecule has 0 aliphatic carbocycles. The molecule has 0 aromatic carbocycles. The van der Waals surface area contributed by atoms with Crippen LogP contribution in [0.2, 0.25) is 0 Å². The van der Waals surface area contributed by atoms with Crippen molar-refractivity contribution in [2.75, 3.05) is 39.8 Å². The van der Waals surface area contributed by atoms with Crippen LogP contribution in [0.1, 0.15) is 36.9 Å². The Balaban J connectivity index is 1.32. The molecule has 2 amide bonds. The highest BCUT2D eigenvalue weighted by atomic mass is 19.3. The van der Waals surface area contributed by atoms with E-state index in [9.17, 15) is 18.4 Å². The number of unbranched alkanes of at least 4 members (excludes halogenated alkanes) is 1. The first-order valence-electron chi connectivity index (χ1n) is 12.6. The number of rotatable bonds is 12. The average Bonchev–Trinajstić information content (AvgIpc) is 3.23. The quantitative estimate of drug-likeness (QED) is 0.141. The first-order chi connectivity index (χ1) is 18.0. The summed E-state index contributed by atoms with van der Waals surface area (Å²) in [5.74, 6) is 2.82. The zero-order valence-electron chi connectivity index (χ0n) is 21.9. The van der Waals surface area contributed by atoms with Gasteiger partial charge in [-0.3, -0.25) is 29.5 Å². The molecule has 38 heavy (non-hydrogen) atoms. The molecule has 2 aliphatic heterocycles. The number of pyridine rings is 1. The van der Waals surface area contributed by atoms with E-state index in [1.165, 1.54) is 11.2 Å². The Morgan fingerprint density at radius 3 is 2.68 bits per heavy atom. The maximum Gasteiger partial charge on any atom is 0.270 e. The van der Waals surface area contributed by atoms with Gasteiger partial charge in [-0.25, -0.2) is 14.6 Å². The van der Waals surface area contributed by atoms with Crippen LogP contribution in [0.3, 0.4) is 0 Å². The molecule has 1 aromatic heterocycles. The van der Waals surface area contributed by atoms with E-state index in [1.54, 1.807) is 29.4 Å². The number of likely N-dealkylation sites (N-methyl/N-ethyl adjacent to an activating group) is 1. The standard InChI is InChI=1S/C24H38F2N10O2/c1-18-5-6-19(13-29-18)14-30-23(38)20-15-36(32-33(20)2)10-4-3-9-35(28)16-21(27)31-22(37)17-34-11-7-24(25,26)8-12-34/h5-6,13,15-16,32H,3-4,7-12,14,17,27-28H2,1-2H3,(H,30,38)(H,31,37)/b21-16+. The van der Waals surface area contributed by atoms with Gasteiger partial charge in [-0.2, -0.15) is 0 Å². The van der Waals surface area contributed by atoms with Crippen molar-refractivity contribution >= 4 is 11.8 Å². The van der Waals surface area contributed by atoms with Crippen molar-refractivity contribution in [1.29, 1.82) is 0 Å². The molecule has 0 atom stereocenters. The lowest BCUT2D eigenvalue weighted by molar-refractivity contribution is -0.123. The molecule has 1 saturated heterocycles. The van der Waals surface area contributed by atoms with Crippen molar-refractivity contribution in [1.82, 2.24) is 41.1 Å². The average molecular weight is 537 g/mol. The zero-order valence-corrected chi connectivity index (χ0v) is 21.9. The molecule has 0 spiro atoms. The van der Waals surface area contributed by atoms with Gasteiger partial charge in [-0.15, -0.1) is 5.53 Å². The summed E-state index contributed by atoms with van der Waals surface area (Å²) >= 11 is 0. The summed E-state index contributed by atoms with van der Waals surface area (Å²) in [6.45, 7) is 3.76. The van der Waals surface area contributed by atoms with E-state index >= 15 is 0 Å². The van der Waals surface area contributed by atoms with E-state index in [1.807, 2.05) is 24.1 Å². The maximum absolute atomic E-state index is 13.2. The Hall–Kier alpha value is -3.49. The van der Waals surface area contributed by atoms with Gasteiger partial charge >= 0.3 is 0 Å². The van der Waals surface area contributed by atoms with Gasteiger partial charge in [0.1, 0.15) is 11.5 Å². The van der Waals surface area contributed by atoms with Gasteiger partial charge in [0.2, 0.25) is 5.91 Å². The predicted molar refractivity (Wildman–Crippen MR) is 138 cm³/mol. The number of nitrogens with two attached hydrogens (primary N) is 2. The van der Waals surface area contributed by atoms with E-state index in [2.05, 4.69) is 21.2 Å². The third-order valence-corrected chi connectivity index (χ3v) is 6.19. The molecule has 2 aliphatic rings. The Morgan fingerprint density at radius 1 is 1.26 bits per heavy atom. The number of halogens is 2. The van der Waals surface area contributed by atoms with Crippen LogP contribution >= 0.6 is 0 Å². The summed E-state index contributed by atoms with van der Waals surface area (Å²) in [4.78, 5) is 30.6. The summed E-state index contributed by atoms with van der Waals surface area (Å²) in [5, 5.41) is 10.3. The minimum absolute atomic E-state index is 0.00314. The van der Waals surface area contributed by atoms with Crippen LogP contribution in [0.15, 0.2) is 42.2 Å². The molecule has 7 N–H and O–H groups in total. The number of hydrogen-bond acceptors (Lipinski definition) is 10. The van der Waals surface area contributed by atoms with E-state index in [4.69, 9.17) is 11.6 Å². The summed E-state index contributed by atoms with van der Waals surface area (Å²) in [5.41, 5.74) is 11.3. The van der Waals surface area contributed by atoms with Gasteiger partial charge in [-0.1, -0.05) is 6.07 Å². The van der Waals surface area contributed by atoms with Gasteiger partial charge in [-0.05, 0) is 31.4 Å². The highest BCUT2D eigenvalue weighted by Crippen LogP contribution is 2.27. The number of hydrazine groups is 3. The van der Waals surface area contributed by atoms with Crippen LogP contribution in [0.4, 0.5) is 8.78 Å². The first kappa shape index (κ1) is 29.1. The van der Waals surface area contributed by atoms with Gasteiger partial charge in [0, 0.05) is 70.7 Å². The number of likely N-dealkylation sites (tertiary alicyclic amines) is 1. The third-order valence-electron chi connectivity index (χ3n) is 6.19.